The second-order valence-corrected chi connectivity index (χ2v) is 6.05. The van der Waals surface area contributed by atoms with Gasteiger partial charge in [0.25, 0.3) is 0 Å². The zero-order valence-corrected chi connectivity index (χ0v) is 11.8. The number of nitrogens with two attached hydrogens (primary N) is 1. The fourth-order valence-electron chi connectivity index (χ4n) is 2.52. The van der Waals surface area contributed by atoms with Crippen LogP contribution < -0.4 is 5.73 Å². The van der Waals surface area contributed by atoms with Crippen LogP contribution in [0, 0.1) is 6.92 Å². The van der Waals surface area contributed by atoms with Crippen molar-refractivity contribution in [3.63, 3.8) is 0 Å². The van der Waals surface area contributed by atoms with Crippen LogP contribution in [0.25, 0.3) is 26.3 Å². The highest BCUT2D eigenvalue weighted by Gasteiger charge is 2.10. The summed E-state index contributed by atoms with van der Waals surface area (Å²) in [6.45, 7) is 2.04. The number of rotatable bonds is 1. The molecule has 1 aromatic carbocycles. The smallest absolute Gasteiger partial charge is 0.140 e. The highest BCUT2D eigenvalue weighted by Crippen LogP contribution is 2.33. The summed E-state index contributed by atoms with van der Waals surface area (Å²) in [5.41, 5.74) is 9.71. The Labute approximate surface area is 120 Å². The van der Waals surface area contributed by atoms with Gasteiger partial charge < -0.3 is 10.1 Å². The van der Waals surface area contributed by atoms with Crippen molar-refractivity contribution in [2.45, 2.75) is 6.92 Å². The zero-order valence-electron chi connectivity index (χ0n) is 11.0. The number of thiophene rings is 1. The number of fused-ring (bicyclic) bond motifs is 2. The van der Waals surface area contributed by atoms with Gasteiger partial charge in [0.1, 0.15) is 5.65 Å². The van der Waals surface area contributed by atoms with Crippen LogP contribution in [0.3, 0.4) is 0 Å². The van der Waals surface area contributed by atoms with Crippen LogP contribution in [0.5, 0.6) is 0 Å². The molecule has 20 heavy (non-hydrogen) atoms. The maximum Gasteiger partial charge on any atom is 0.140 e. The zero-order chi connectivity index (χ0) is 13.7. The van der Waals surface area contributed by atoms with Crippen molar-refractivity contribution in [2.75, 3.05) is 5.73 Å². The number of hydrogen-bond acceptors (Lipinski definition) is 3. The predicted molar refractivity (Wildman–Crippen MR) is 85.2 cm³/mol. The summed E-state index contributed by atoms with van der Waals surface area (Å²) in [5.74, 6) is 0. The number of aryl methyl sites for hydroxylation is 1. The molecule has 0 amide bonds. The first-order chi connectivity index (χ1) is 9.70. The van der Waals surface area contributed by atoms with Gasteiger partial charge in [-0.25, -0.2) is 4.98 Å². The van der Waals surface area contributed by atoms with Gasteiger partial charge in [0.15, 0.2) is 0 Å². The monoisotopic (exact) mass is 279 g/mol. The number of nitrogens with zero attached hydrogens (tertiary/aromatic N) is 2. The quantitative estimate of drug-likeness (QED) is 0.570. The Morgan fingerprint density at radius 2 is 2.00 bits per heavy atom. The molecule has 3 heterocycles. The molecule has 4 aromatic rings. The van der Waals surface area contributed by atoms with E-state index in [9.17, 15) is 0 Å². The van der Waals surface area contributed by atoms with Gasteiger partial charge in [0.2, 0.25) is 0 Å². The van der Waals surface area contributed by atoms with E-state index in [2.05, 4.69) is 30.3 Å². The molecule has 4 rings (SSSR count). The van der Waals surface area contributed by atoms with Crippen molar-refractivity contribution >= 4 is 32.8 Å². The van der Waals surface area contributed by atoms with Crippen LogP contribution in [-0.2, 0) is 0 Å². The van der Waals surface area contributed by atoms with Crippen LogP contribution in [0.1, 0.15) is 5.56 Å². The first kappa shape index (κ1) is 11.5. The standard InChI is InChI=1S/C16H13N3S/c1-10-6-12(17)8-19-9-13(18-16(10)19)15-7-11-4-2-3-5-14(11)20-15/h2-9H,17H2,1H3. The van der Waals surface area contributed by atoms with Crippen molar-refractivity contribution in [2.24, 2.45) is 0 Å². The Morgan fingerprint density at radius 1 is 1.15 bits per heavy atom. The molecule has 0 aliphatic rings. The van der Waals surface area contributed by atoms with E-state index in [1.165, 1.54) is 15.0 Å². The molecule has 3 nitrogen and oxygen atoms in total. The molecule has 0 bridgehead atoms. The number of hydrogen-bond donors (Lipinski definition) is 1. The van der Waals surface area contributed by atoms with Gasteiger partial charge in [-0.2, -0.15) is 0 Å². The predicted octanol–water partition coefficient (Wildman–Crippen LogP) is 4.11. The lowest BCUT2D eigenvalue weighted by Crippen LogP contribution is -1.92. The minimum atomic E-state index is 0.760. The van der Waals surface area contributed by atoms with Crippen LogP contribution in [-0.4, -0.2) is 9.38 Å². The van der Waals surface area contributed by atoms with Crippen LogP contribution >= 0.6 is 11.3 Å². The lowest BCUT2D eigenvalue weighted by atomic mass is 10.2. The summed E-state index contributed by atoms with van der Waals surface area (Å²) in [6.07, 6.45) is 3.95. The van der Waals surface area contributed by atoms with Gasteiger partial charge in [0, 0.05) is 22.8 Å². The van der Waals surface area contributed by atoms with Crippen molar-refractivity contribution in [3.05, 3.63) is 54.4 Å². The van der Waals surface area contributed by atoms with E-state index >= 15 is 0 Å². The molecule has 0 atom stereocenters. The number of aromatic nitrogens is 2. The van der Waals surface area contributed by atoms with E-state index < -0.39 is 0 Å². The van der Waals surface area contributed by atoms with Crippen LogP contribution in [0.4, 0.5) is 5.69 Å². The third-order valence-corrected chi connectivity index (χ3v) is 4.57. The Bertz CT molecular complexity index is 900. The van der Waals surface area contributed by atoms with Gasteiger partial charge in [0.05, 0.1) is 10.6 Å². The first-order valence-corrected chi connectivity index (χ1v) is 7.26. The van der Waals surface area contributed by atoms with Crippen LogP contribution in [0.15, 0.2) is 48.8 Å². The summed E-state index contributed by atoms with van der Waals surface area (Å²) in [7, 11) is 0. The minimum Gasteiger partial charge on any atom is -0.398 e. The first-order valence-electron chi connectivity index (χ1n) is 6.44. The third kappa shape index (κ3) is 1.69. The average Bonchev–Trinajstić information content (AvgIpc) is 3.01. The van der Waals surface area contributed by atoms with E-state index in [4.69, 9.17) is 10.7 Å². The molecule has 0 aliphatic heterocycles. The molecule has 0 unspecified atom stereocenters. The van der Waals surface area contributed by atoms with E-state index in [1.54, 1.807) is 11.3 Å². The largest absolute Gasteiger partial charge is 0.398 e. The molecule has 98 valence electrons. The van der Waals surface area contributed by atoms with Crippen molar-refractivity contribution in [3.8, 4) is 10.6 Å². The molecule has 4 heteroatoms. The highest BCUT2D eigenvalue weighted by molar-refractivity contribution is 7.22. The second-order valence-electron chi connectivity index (χ2n) is 4.96. The summed E-state index contributed by atoms with van der Waals surface area (Å²) in [5, 5.41) is 1.26. The average molecular weight is 279 g/mol. The number of pyridine rings is 1. The van der Waals surface area contributed by atoms with Gasteiger partial charge in [-0.15, -0.1) is 11.3 Å². The maximum absolute atomic E-state index is 5.89. The SMILES string of the molecule is Cc1cc(N)cn2cc(-c3cc4ccccc4s3)nc12. The molecule has 0 fully saturated rings. The molecular weight excluding hydrogens is 266 g/mol. The molecule has 0 aliphatic carbocycles. The molecule has 2 N–H and O–H groups in total. The molecule has 0 saturated heterocycles. The number of anilines is 1. The Morgan fingerprint density at radius 3 is 2.85 bits per heavy atom. The topological polar surface area (TPSA) is 43.3 Å². The molecule has 0 saturated carbocycles. The van der Waals surface area contributed by atoms with E-state index in [-0.39, 0.29) is 0 Å². The Balaban J connectivity index is 1.95. The van der Waals surface area contributed by atoms with Crippen molar-refractivity contribution in [1.29, 1.82) is 0 Å². The molecular formula is C16H13N3S. The number of imidazole rings is 1. The Hall–Kier alpha value is -2.33. The molecule has 0 spiro atoms. The third-order valence-electron chi connectivity index (χ3n) is 3.43. The number of benzene rings is 1. The van der Waals surface area contributed by atoms with E-state index in [0.29, 0.717) is 0 Å². The molecule has 0 radical (unpaired) electrons. The van der Waals surface area contributed by atoms with Gasteiger partial charge >= 0.3 is 0 Å². The van der Waals surface area contributed by atoms with E-state index in [1.807, 2.05) is 29.8 Å². The highest BCUT2D eigenvalue weighted by atomic mass is 32.1. The fourth-order valence-corrected chi connectivity index (χ4v) is 3.54. The summed E-state index contributed by atoms with van der Waals surface area (Å²) in [6, 6.07) is 12.6. The summed E-state index contributed by atoms with van der Waals surface area (Å²) in [4.78, 5) is 5.92. The second kappa shape index (κ2) is 4.08. The van der Waals surface area contributed by atoms with Crippen LogP contribution in [0.2, 0.25) is 0 Å². The summed E-state index contributed by atoms with van der Waals surface area (Å²) >= 11 is 1.77. The maximum atomic E-state index is 5.89. The molecule has 3 aromatic heterocycles. The van der Waals surface area contributed by atoms with Crippen molar-refractivity contribution < 1.29 is 0 Å². The van der Waals surface area contributed by atoms with Gasteiger partial charge in [-0.1, -0.05) is 18.2 Å². The van der Waals surface area contributed by atoms with Gasteiger partial charge in [-0.05, 0) is 36.1 Å². The lowest BCUT2D eigenvalue weighted by Gasteiger charge is -1.98. The lowest BCUT2D eigenvalue weighted by molar-refractivity contribution is 1.17. The normalized spacial score (nSPS) is 11.4. The summed E-state index contributed by atoms with van der Waals surface area (Å²) < 4.78 is 3.29. The number of nitrogen functional groups attached to an aromatic ring is 1. The fraction of sp³-hybridized carbons (Fsp3) is 0.0625. The van der Waals surface area contributed by atoms with E-state index in [0.717, 1.165) is 22.6 Å². The van der Waals surface area contributed by atoms with Gasteiger partial charge in [-0.3, -0.25) is 0 Å². The minimum absolute atomic E-state index is 0.760. The van der Waals surface area contributed by atoms with Crippen molar-refractivity contribution in [1.82, 2.24) is 9.38 Å². The Kier molecular flexibility index (Phi) is 2.35.